The van der Waals surface area contributed by atoms with Crippen LogP contribution in [0.5, 0.6) is 0 Å². The van der Waals surface area contributed by atoms with E-state index in [4.69, 9.17) is 4.74 Å². The number of aryl methyl sites for hydroxylation is 1. The lowest BCUT2D eigenvalue weighted by Crippen LogP contribution is -2.03. The predicted octanol–water partition coefficient (Wildman–Crippen LogP) is 2.22. The minimum Gasteiger partial charge on any atom is -0.384 e. The van der Waals surface area contributed by atoms with Gasteiger partial charge in [0.05, 0.1) is 12.8 Å². The summed E-state index contributed by atoms with van der Waals surface area (Å²) in [4.78, 5) is 0. The molecule has 0 bridgehead atoms. The van der Waals surface area contributed by atoms with Crippen molar-refractivity contribution in [2.75, 3.05) is 19.0 Å². The number of hydrogen-bond donors (Lipinski definition) is 1. The first-order valence-electron chi connectivity index (χ1n) is 6.08. The summed E-state index contributed by atoms with van der Waals surface area (Å²) >= 11 is 0. The van der Waals surface area contributed by atoms with E-state index >= 15 is 0 Å². The first kappa shape index (κ1) is 12.6. The van der Waals surface area contributed by atoms with Gasteiger partial charge in [0.2, 0.25) is 0 Å². The van der Waals surface area contributed by atoms with E-state index in [1.54, 1.807) is 7.11 Å². The summed E-state index contributed by atoms with van der Waals surface area (Å²) in [5.74, 6) is 0. The van der Waals surface area contributed by atoms with Crippen LogP contribution < -0.4 is 5.32 Å². The largest absolute Gasteiger partial charge is 0.384 e. The number of nitrogens with zero attached hydrogens (tertiary/aromatic N) is 2. The van der Waals surface area contributed by atoms with Gasteiger partial charge in [-0.05, 0) is 18.1 Å². The lowest BCUT2D eigenvalue weighted by molar-refractivity contribution is 0.202. The Kier molecular flexibility index (Phi) is 4.36. The summed E-state index contributed by atoms with van der Waals surface area (Å²) in [5.41, 5.74) is 3.63. The summed E-state index contributed by atoms with van der Waals surface area (Å²) in [7, 11) is 3.65. The van der Waals surface area contributed by atoms with Crippen LogP contribution in [0.1, 0.15) is 11.1 Å². The van der Waals surface area contributed by atoms with Gasteiger partial charge in [0, 0.05) is 38.1 Å². The molecule has 0 fully saturated rings. The van der Waals surface area contributed by atoms with Gasteiger partial charge in [0.1, 0.15) is 0 Å². The zero-order valence-corrected chi connectivity index (χ0v) is 10.9. The van der Waals surface area contributed by atoms with E-state index in [1.165, 1.54) is 16.8 Å². The molecule has 0 aliphatic rings. The quantitative estimate of drug-likeness (QED) is 0.848. The van der Waals surface area contributed by atoms with E-state index in [0.29, 0.717) is 0 Å². The van der Waals surface area contributed by atoms with Crippen molar-refractivity contribution in [1.29, 1.82) is 0 Å². The lowest BCUT2D eigenvalue weighted by atomic mass is 10.1. The molecule has 1 aromatic carbocycles. The maximum atomic E-state index is 5.13. The Balaban J connectivity index is 1.99. The molecule has 0 saturated heterocycles. The molecule has 2 aromatic rings. The summed E-state index contributed by atoms with van der Waals surface area (Å²) in [6.45, 7) is 1.53. The van der Waals surface area contributed by atoms with Gasteiger partial charge >= 0.3 is 0 Å². The maximum Gasteiger partial charge on any atom is 0.0539 e. The van der Waals surface area contributed by atoms with Crippen molar-refractivity contribution >= 4 is 5.69 Å². The highest BCUT2D eigenvalue weighted by molar-refractivity contribution is 5.51. The highest BCUT2D eigenvalue weighted by atomic mass is 16.5. The van der Waals surface area contributed by atoms with E-state index in [-0.39, 0.29) is 0 Å². The molecule has 1 aromatic heterocycles. The molecule has 0 radical (unpaired) electrons. The standard InChI is InChI=1S/C14H19N3O/c1-17-11-12(10-16-17)9-15-14-6-4-3-5-13(14)7-8-18-2/h3-6,10-11,15H,7-9H2,1-2H3. The van der Waals surface area contributed by atoms with Crippen molar-refractivity contribution in [2.24, 2.45) is 7.05 Å². The van der Waals surface area contributed by atoms with Crippen molar-refractivity contribution < 1.29 is 4.74 Å². The van der Waals surface area contributed by atoms with Crippen LogP contribution in [-0.4, -0.2) is 23.5 Å². The van der Waals surface area contributed by atoms with Crippen LogP contribution in [0.3, 0.4) is 0 Å². The third kappa shape index (κ3) is 3.34. The number of nitrogens with one attached hydrogen (secondary N) is 1. The summed E-state index contributed by atoms with van der Waals surface area (Å²) in [5, 5.41) is 7.60. The fraction of sp³-hybridized carbons (Fsp3) is 0.357. The monoisotopic (exact) mass is 245 g/mol. The number of para-hydroxylation sites is 1. The second-order valence-electron chi connectivity index (χ2n) is 4.28. The Hall–Kier alpha value is -1.81. The van der Waals surface area contributed by atoms with Gasteiger partial charge in [-0.15, -0.1) is 0 Å². The number of ether oxygens (including phenoxy) is 1. The Morgan fingerprint density at radius 2 is 2.17 bits per heavy atom. The van der Waals surface area contributed by atoms with Gasteiger partial charge in [-0.2, -0.15) is 5.10 Å². The average Bonchev–Trinajstić information content (AvgIpc) is 2.81. The Bertz CT molecular complexity index is 493. The number of rotatable bonds is 6. The van der Waals surface area contributed by atoms with Gasteiger partial charge in [-0.1, -0.05) is 18.2 Å². The normalized spacial score (nSPS) is 10.6. The number of anilines is 1. The lowest BCUT2D eigenvalue weighted by Gasteiger charge is -2.10. The SMILES string of the molecule is COCCc1ccccc1NCc1cnn(C)c1. The third-order valence-corrected chi connectivity index (χ3v) is 2.83. The van der Waals surface area contributed by atoms with Crippen LogP contribution >= 0.6 is 0 Å². The fourth-order valence-electron chi connectivity index (χ4n) is 1.88. The van der Waals surface area contributed by atoms with E-state index in [9.17, 15) is 0 Å². The summed E-state index contributed by atoms with van der Waals surface area (Å²) in [6, 6.07) is 8.33. The van der Waals surface area contributed by atoms with Crippen LogP contribution in [0.15, 0.2) is 36.7 Å². The van der Waals surface area contributed by atoms with Gasteiger partial charge < -0.3 is 10.1 Å². The van der Waals surface area contributed by atoms with Gasteiger partial charge in [-0.3, -0.25) is 4.68 Å². The highest BCUT2D eigenvalue weighted by Gasteiger charge is 2.02. The van der Waals surface area contributed by atoms with E-state index < -0.39 is 0 Å². The predicted molar refractivity (Wildman–Crippen MR) is 72.6 cm³/mol. The molecular weight excluding hydrogens is 226 g/mol. The van der Waals surface area contributed by atoms with Crippen LogP contribution in [0.2, 0.25) is 0 Å². The third-order valence-electron chi connectivity index (χ3n) is 2.83. The molecule has 1 heterocycles. The summed E-state index contributed by atoms with van der Waals surface area (Å²) < 4.78 is 6.94. The van der Waals surface area contributed by atoms with Crippen LogP contribution in [-0.2, 0) is 24.8 Å². The topological polar surface area (TPSA) is 39.1 Å². The van der Waals surface area contributed by atoms with Crippen molar-refractivity contribution in [3.63, 3.8) is 0 Å². The molecule has 0 aliphatic heterocycles. The second-order valence-corrected chi connectivity index (χ2v) is 4.28. The van der Waals surface area contributed by atoms with Gasteiger partial charge in [0.25, 0.3) is 0 Å². The highest BCUT2D eigenvalue weighted by Crippen LogP contribution is 2.16. The van der Waals surface area contributed by atoms with E-state index in [1.807, 2.05) is 30.2 Å². The second kappa shape index (κ2) is 6.21. The Labute approximate surface area is 108 Å². The number of aromatic nitrogens is 2. The summed E-state index contributed by atoms with van der Waals surface area (Å²) in [6.07, 6.45) is 4.82. The fourth-order valence-corrected chi connectivity index (χ4v) is 1.88. The molecular formula is C14H19N3O. The maximum absolute atomic E-state index is 5.13. The first-order chi connectivity index (χ1) is 8.79. The number of hydrogen-bond acceptors (Lipinski definition) is 3. The minimum atomic E-state index is 0.742. The zero-order chi connectivity index (χ0) is 12.8. The molecule has 96 valence electrons. The molecule has 0 amide bonds. The Morgan fingerprint density at radius 1 is 1.33 bits per heavy atom. The van der Waals surface area contributed by atoms with Crippen molar-refractivity contribution in [2.45, 2.75) is 13.0 Å². The first-order valence-corrected chi connectivity index (χ1v) is 6.08. The molecule has 2 rings (SSSR count). The average molecular weight is 245 g/mol. The number of benzene rings is 1. The molecule has 0 atom stereocenters. The van der Waals surface area contributed by atoms with Crippen molar-refractivity contribution in [1.82, 2.24) is 9.78 Å². The molecule has 1 N–H and O–H groups in total. The molecule has 0 spiro atoms. The smallest absolute Gasteiger partial charge is 0.0539 e. The van der Waals surface area contributed by atoms with Crippen LogP contribution in [0.25, 0.3) is 0 Å². The van der Waals surface area contributed by atoms with Gasteiger partial charge in [0.15, 0.2) is 0 Å². The molecule has 0 aliphatic carbocycles. The van der Waals surface area contributed by atoms with Crippen LogP contribution in [0.4, 0.5) is 5.69 Å². The molecule has 18 heavy (non-hydrogen) atoms. The van der Waals surface area contributed by atoms with E-state index in [0.717, 1.165) is 19.6 Å². The van der Waals surface area contributed by atoms with Crippen LogP contribution in [0, 0.1) is 0 Å². The molecule has 0 saturated carbocycles. The molecule has 4 heteroatoms. The minimum absolute atomic E-state index is 0.742. The van der Waals surface area contributed by atoms with E-state index in [2.05, 4.69) is 28.6 Å². The van der Waals surface area contributed by atoms with Crippen molar-refractivity contribution in [3.8, 4) is 0 Å². The molecule has 4 nitrogen and oxygen atoms in total. The van der Waals surface area contributed by atoms with Crippen molar-refractivity contribution in [3.05, 3.63) is 47.8 Å². The van der Waals surface area contributed by atoms with Gasteiger partial charge in [-0.25, -0.2) is 0 Å². The molecule has 0 unspecified atom stereocenters. The number of methoxy groups -OCH3 is 1. The zero-order valence-electron chi connectivity index (χ0n) is 10.9. The Morgan fingerprint density at radius 3 is 2.89 bits per heavy atom.